The fraction of sp³-hybridized carbons (Fsp3) is 0.116. The molecule has 0 spiro atoms. The van der Waals surface area contributed by atoms with Crippen molar-refractivity contribution < 1.29 is 0 Å². The second kappa shape index (κ2) is 10.8. The Labute approximate surface area is 286 Å². The number of nitrogens with one attached hydrogen (secondary N) is 2. The molecule has 0 radical (unpaired) electrons. The van der Waals surface area contributed by atoms with Crippen LogP contribution in [0, 0.1) is 22.7 Å². The van der Waals surface area contributed by atoms with Gasteiger partial charge in [-0.2, -0.15) is 10.5 Å². The average molecular weight is 633 g/mol. The third-order valence-electron chi connectivity index (χ3n) is 10.3. The molecule has 2 aliphatic heterocycles. The number of hydrogen-bond acceptors (Lipinski definition) is 6. The predicted molar refractivity (Wildman–Crippen MR) is 196 cm³/mol. The molecule has 2 unspecified atom stereocenters. The van der Waals surface area contributed by atoms with E-state index in [9.17, 15) is 10.5 Å². The van der Waals surface area contributed by atoms with E-state index < -0.39 is 0 Å². The predicted octanol–water partition coefficient (Wildman–Crippen LogP) is 10.3. The highest BCUT2D eigenvalue weighted by Crippen LogP contribution is 2.58. The van der Waals surface area contributed by atoms with Gasteiger partial charge >= 0.3 is 0 Å². The molecule has 0 amide bonds. The molecule has 0 saturated carbocycles. The fourth-order valence-electron chi connectivity index (χ4n) is 7.91. The van der Waals surface area contributed by atoms with Crippen molar-refractivity contribution in [2.45, 2.75) is 31.6 Å². The van der Waals surface area contributed by atoms with E-state index in [1.54, 1.807) is 0 Å². The molecule has 9 rings (SSSR count). The zero-order valence-electron chi connectivity index (χ0n) is 27.1. The summed E-state index contributed by atoms with van der Waals surface area (Å²) in [6.45, 7) is 4.64. The molecule has 1 aliphatic carbocycles. The van der Waals surface area contributed by atoms with Gasteiger partial charge in [-0.15, -0.1) is 0 Å². The quantitative estimate of drug-likeness (QED) is 0.201. The second-order valence-corrected chi connectivity index (χ2v) is 13.4. The van der Waals surface area contributed by atoms with Crippen LogP contribution in [0.25, 0.3) is 11.1 Å². The number of fused-ring (bicyclic) bond motifs is 5. The SMILES string of the molecule is CC1(C)c2cc3c(cc2-c2cc4c(cc21)N(c1ccccc1)C(c1cccc(C#N)c1)N4)NC(c1cccc(C#N)c1)N3c1ccccc1. The fourth-order valence-corrected chi connectivity index (χ4v) is 7.91. The molecular weight excluding hydrogens is 601 g/mol. The van der Waals surface area contributed by atoms with Crippen LogP contribution in [-0.2, 0) is 5.41 Å². The first-order valence-corrected chi connectivity index (χ1v) is 16.5. The third kappa shape index (κ3) is 4.39. The first kappa shape index (κ1) is 28.7. The molecule has 0 bridgehead atoms. The maximum Gasteiger partial charge on any atom is 0.130 e. The zero-order valence-corrected chi connectivity index (χ0v) is 27.1. The molecule has 6 aromatic carbocycles. The Morgan fingerprint density at radius 1 is 0.531 bits per heavy atom. The number of benzene rings is 6. The first-order chi connectivity index (χ1) is 23.9. The van der Waals surface area contributed by atoms with Crippen molar-refractivity contribution in [3.63, 3.8) is 0 Å². The minimum Gasteiger partial charge on any atom is -0.359 e. The first-order valence-electron chi connectivity index (χ1n) is 16.5. The van der Waals surface area contributed by atoms with E-state index in [0.717, 1.165) is 45.3 Å². The van der Waals surface area contributed by atoms with Crippen LogP contribution in [-0.4, -0.2) is 0 Å². The van der Waals surface area contributed by atoms with Crippen LogP contribution in [0.4, 0.5) is 34.1 Å². The maximum absolute atomic E-state index is 9.67. The van der Waals surface area contributed by atoms with Crippen molar-refractivity contribution in [1.29, 1.82) is 10.5 Å². The summed E-state index contributed by atoms with van der Waals surface area (Å²) in [5.41, 5.74) is 14.6. The molecule has 234 valence electrons. The minimum absolute atomic E-state index is 0.165. The minimum atomic E-state index is -0.267. The molecule has 49 heavy (non-hydrogen) atoms. The van der Waals surface area contributed by atoms with Gasteiger partial charge in [-0.1, -0.05) is 74.5 Å². The van der Waals surface area contributed by atoms with Crippen LogP contribution in [0.5, 0.6) is 0 Å². The Kier molecular flexibility index (Phi) is 6.31. The number of hydrogen-bond donors (Lipinski definition) is 2. The monoisotopic (exact) mass is 632 g/mol. The van der Waals surface area contributed by atoms with Gasteiger partial charge in [0.1, 0.15) is 12.3 Å². The van der Waals surface area contributed by atoms with E-state index in [1.165, 1.54) is 22.3 Å². The van der Waals surface area contributed by atoms with E-state index in [2.05, 4.69) is 131 Å². The Hall–Kier alpha value is -6.50. The van der Waals surface area contributed by atoms with Crippen LogP contribution in [0.3, 0.4) is 0 Å². The van der Waals surface area contributed by atoms with Gasteiger partial charge in [-0.3, -0.25) is 0 Å². The summed E-state index contributed by atoms with van der Waals surface area (Å²) in [6, 6.07) is 50.6. The zero-order chi connectivity index (χ0) is 33.3. The number of para-hydroxylation sites is 2. The summed E-state index contributed by atoms with van der Waals surface area (Å²) in [5.74, 6) is 0. The maximum atomic E-state index is 9.67. The van der Waals surface area contributed by atoms with Crippen molar-refractivity contribution >= 4 is 34.1 Å². The molecule has 6 heteroatoms. The van der Waals surface area contributed by atoms with Gasteiger partial charge in [0, 0.05) is 16.8 Å². The van der Waals surface area contributed by atoms with Gasteiger partial charge < -0.3 is 20.4 Å². The van der Waals surface area contributed by atoms with Gasteiger partial charge in [0.2, 0.25) is 0 Å². The van der Waals surface area contributed by atoms with Crippen LogP contribution < -0.4 is 20.4 Å². The third-order valence-corrected chi connectivity index (χ3v) is 10.3. The van der Waals surface area contributed by atoms with Crippen molar-refractivity contribution in [3.05, 3.63) is 167 Å². The standard InChI is InChI=1S/C43H32N6/c1-43(2)35-23-39-37(46-41(29-13-9-11-27(19-29)25-44)48(39)31-15-5-3-6-16-31)21-33(35)34-22-38-40(24-36(34)43)49(32-17-7-4-8-18-32)42(47-38)30-14-10-12-28(20-30)26-45/h3-24,41-42,46-47H,1-2H3. The highest BCUT2D eigenvalue weighted by molar-refractivity contribution is 5.96. The van der Waals surface area contributed by atoms with Crippen LogP contribution in [0.1, 0.15) is 59.6 Å². The number of nitrogens with zero attached hydrogens (tertiary/aromatic N) is 4. The molecule has 2 heterocycles. The molecule has 0 saturated heterocycles. The number of anilines is 6. The largest absolute Gasteiger partial charge is 0.359 e. The smallest absolute Gasteiger partial charge is 0.130 e. The van der Waals surface area contributed by atoms with Crippen LogP contribution in [0.15, 0.2) is 133 Å². The molecule has 6 aromatic rings. The van der Waals surface area contributed by atoms with E-state index in [4.69, 9.17) is 0 Å². The van der Waals surface area contributed by atoms with E-state index in [0.29, 0.717) is 11.1 Å². The van der Waals surface area contributed by atoms with Crippen molar-refractivity contribution in [1.82, 2.24) is 0 Å². The summed E-state index contributed by atoms with van der Waals surface area (Å²) in [5, 5.41) is 27.0. The van der Waals surface area contributed by atoms with Crippen molar-refractivity contribution in [2.75, 3.05) is 20.4 Å². The molecule has 2 atom stereocenters. The molecule has 0 aromatic heterocycles. The lowest BCUT2D eigenvalue weighted by Gasteiger charge is -2.29. The highest BCUT2D eigenvalue weighted by atomic mass is 15.3. The highest BCUT2D eigenvalue weighted by Gasteiger charge is 2.42. The van der Waals surface area contributed by atoms with Crippen molar-refractivity contribution in [2.24, 2.45) is 0 Å². The molecular formula is C43H32N6. The second-order valence-electron chi connectivity index (χ2n) is 13.4. The van der Waals surface area contributed by atoms with E-state index in [-0.39, 0.29) is 17.7 Å². The topological polar surface area (TPSA) is 78.1 Å². The Morgan fingerprint density at radius 2 is 0.959 bits per heavy atom. The molecule has 3 aliphatic rings. The van der Waals surface area contributed by atoms with Crippen molar-refractivity contribution in [3.8, 4) is 23.3 Å². The van der Waals surface area contributed by atoms with Gasteiger partial charge in [0.15, 0.2) is 0 Å². The normalized spacial score (nSPS) is 17.6. The van der Waals surface area contributed by atoms with E-state index in [1.807, 2.05) is 48.5 Å². The summed E-state index contributed by atoms with van der Waals surface area (Å²) < 4.78 is 0. The Morgan fingerprint density at radius 3 is 1.37 bits per heavy atom. The lowest BCUT2D eigenvalue weighted by atomic mass is 9.82. The van der Waals surface area contributed by atoms with Gasteiger partial charge in [0.05, 0.1) is 46.0 Å². The molecule has 0 fully saturated rings. The van der Waals surface area contributed by atoms with Crippen LogP contribution >= 0.6 is 0 Å². The van der Waals surface area contributed by atoms with Crippen LogP contribution in [0.2, 0.25) is 0 Å². The molecule has 2 N–H and O–H groups in total. The number of rotatable bonds is 4. The summed E-state index contributed by atoms with van der Waals surface area (Å²) >= 11 is 0. The summed E-state index contributed by atoms with van der Waals surface area (Å²) in [4.78, 5) is 4.70. The summed E-state index contributed by atoms with van der Waals surface area (Å²) in [7, 11) is 0. The lowest BCUT2D eigenvalue weighted by molar-refractivity contribution is 0.660. The van der Waals surface area contributed by atoms with E-state index >= 15 is 0 Å². The lowest BCUT2D eigenvalue weighted by Crippen LogP contribution is -2.24. The summed E-state index contributed by atoms with van der Waals surface area (Å²) in [6.07, 6.45) is -0.330. The van der Waals surface area contributed by atoms with Gasteiger partial charge in [-0.05, 0) is 106 Å². The Bertz CT molecular complexity index is 2200. The molecule has 6 nitrogen and oxygen atoms in total. The number of nitriles is 2. The van der Waals surface area contributed by atoms with Gasteiger partial charge in [-0.25, -0.2) is 0 Å². The Balaban J connectivity index is 1.19. The average Bonchev–Trinajstić information content (AvgIpc) is 3.78. The van der Waals surface area contributed by atoms with Gasteiger partial charge in [0.25, 0.3) is 0 Å².